The quantitative estimate of drug-likeness (QED) is 0.392. The highest BCUT2D eigenvalue weighted by Crippen LogP contribution is 2.28. The first-order valence-corrected chi connectivity index (χ1v) is 8.15. The van der Waals surface area contributed by atoms with E-state index >= 15 is 0 Å². The van der Waals surface area contributed by atoms with Crippen LogP contribution in [0.5, 0.6) is 0 Å². The minimum Gasteiger partial charge on any atom is -0.430 e. The Morgan fingerprint density at radius 2 is 2.14 bits per heavy atom. The maximum absolute atomic E-state index is 11.7. The van der Waals surface area contributed by atoms with Crippen LogP contribution in [0.3, 0.4) is 0 Å². The first kappa shape index (κ1) is 17.7. The number of nitrogens with one attached hydrogen (secondary N) is 1. The summed E-state index contributed by atoms with van der Waals surface area (Å²) in [6.07, 6.45) is -1.03. The average Bonchev–Trinajstić information content (AvgIpc) is 2.80. The zero-order chi connectivity index (χ0) is 16.1. The van der Waals surface area contributed by atoms with Gasteiger partial charge in [0.15, 0.2) is 0 Å². The van der Waals surface area contributed by atoms with Crippen molar-refractivity contribution in [3.05, 3.63) is 0 Å². The maximum atomic E-state index is 11.7. The Hall–Kier alpha value is -1.35. The highest BCUT2D eigenvalue weighted by atomic mass is 32.2. The lowest BCUT2D eigenvalue weighted by Crippen LogP contribution is -2.37. The second-order valence-corrected chi connectivity index (χ2v) is 7.28. The molecule has 0 aliphatic carbocycles. The van der Waals surface area contributed by atoms with Gasteiger partial charge in [-0.25, -0.2) is 4.79 Å². The van der Waals surface area contributed by atoms with E-state index in [1.165, 1.54) is 6.92 Å². The summed E-state index contributed by atoms with van der Waals surface area (Å²) in [5, 5.41) is 2.51. The fraction of sp³-hybridized carbons (Fsp3) is 0.833. The predicted molar refractivity (Wildman–Crippen MR) is 73.0 cm³/mol. The van der Waals surface area contributed by atoms with Crippen molar-refractivity contribution in [1.29, 1.82) is 0 Å². The third-order valence-corrected chi connectivity index (χ3v) is 4.28. The van der Waals surface area contributed by atoms with Crippen molar-refractivity contribution < 1.29 is 31.7 Å². The Labute approximate surface area is 124 Å². The van der Waals surface area contributed by atoms with Crippen molar-refractivity contribution in [3.63, 3.8) is 0 Å². The standard InChI is InChI=1S/C12H21NO7S/c1-9(14)13-5-4-6-21(16,17)19-8-12(2,3)10-7-18-11(15)20-10/h10H,4-8H2,1-3H3,(H,13,14)/t10-/m0/s1. The second-order valence-electron chi connectivity index (χ2n) is 5.52. The lowest BCUT2D eigenvalue weighted by molar-refractivity contribution is -0.118. The van der Waals surface area contributed by atoms with Crippen LogP contribution in [0.2, 0.25) is 0 Å². The summed E-state index contributed by atoms with van der Waals surface area (Å²) >= 11 is 0. The number of rotatable bonds is 8. The van der Waals surface area contributed by atoms with Crippen LogP contribution in [0.15, 0.2) is 0 Å². The number of ether oxygens (including phenoxy) is 2. The molecule has 1 saturated heterocycles. The van der Waals surface area contributed by atoms with Gasteiger partial charge in [-0.3, -0.25) is 8.98 Å². The van der Waals surface area contributed by atoms with Gasteiger partial charge < -0.3 is 14.8 Å². The molecular formula is C12H21NO7S. The number of carbonyl (C=O) groups is 2. The normalized spacial score (nSPS) is 19.0. The highest BCUT2D eigenvalue weighted by Gasteiger charge is 2.39. The Bertz CT molecular complexity index is 486. The van der Waals surface area contributed by atoms with Crippen LogP contribution in [0.4, 0.5) is 4.79 Å². The number of carbonyl (C=O) groups excluding carboxylic acids is 2. The van der Waals surface area contributed by atoms with E-state index in [4.69, 9.17) is 8.92 Å². The van der Waals surface area contributed by atoms with Gasteiger partial charge in [-0.1, -0.05) is 13.8 Å². The molecule has 0 bridgehead atoms. The van der Waals surface area contributed by atoms with Gasteiger partial charge in [-0.2, -0.15) is 8.42 Å². The Morgan fingerprint density at radius 1 is 1.48 bits per heavy atom. The molecule has 0 unspecified atom stereocenters. The SMILES string of the molecule is CC(=O)NCCCS(=O)(=O)OCC(C)(C)[C@@H]1COC(=O)O1. The summed E-state index contributed by atoms with van der Waals surface area (Å²) < 4.78 is 38.0. The number of amides is 1. The van der Waals surface area contributed by atoms with Gasteiger partial charge in [0.05, 0.1) is 12.4 Å². The molecule has 1 atom stereocenters. The Morgan fingerprint density at radius 3 is 2.67 bits per heavy atom. The van der Waals surface area contributed by atoms with Gasteiger partial charge in [0.1, 0.15) is 12.7 Å². The summed E-state index contributed by atoms with van der Waals surface area (Å²) in [6, 6.07) is 0. The van der Waals surface area contributed by atoms with Crippen LogP contribution in [-0.2, 0) is 28.6 Å². The van der Waals surface area contributed by atoms with Crippen LogP contribution >= 0.6 is 0 Å². The van der Waals surface area contributed by atoms with Gasteiger partial charge in [-0.05, 0) is 6.42 Å². The van der Waals surface area contributed by atoms with Gasteiger partial charge in [0.25, 0.3) is 10.1 Å². The first-order valence-electron chi connectivity index (χ1n) is 6.57. The number of hydrogen-bond donors (Lipinski definition) is 1. The van der Waals surface area contributed by atoms with Crippen molar-refractivity contribution in [2.75, 3.05) is 25.5 Å². The summed E-state index contributed by atoms with van der Waals surface area (Å²) in [5.41, 5.74) is -0.684. The smallest absolute Gasteiger partial charge is 0.430 e. The molecule has 9 heteroatoms. The molecule has 1 heterocycles. The average molecular weight is 323 g/mol. The Kier molecular flexibility index (Phi) is 5.97. The summed E-state index contributed by atoms with van der Waals surface area (Å²) in [6.45, 7) is 5.06. The van der Waals surface area contributed by atoms with Gasteiger partial charge >= 0.3 is 6.16 Å². The Balaban J connectivity index is 2.37. The highest BCUT2D eigenvalue weighted by molar-refractivity contribution is 7.86. The second kappa shape index (κ2) is 7.08. The molecule has 0 aromatic carbocycles. The lowest BCUT2D eigenvalue weighted by atomic mass is 9.88. The van der Waals surface area contributed by atoms with E-state index < -0.39 is 27.8 Å². The number of hydrogen-bond acceptors (Lipinski definition) is 7. The zero-order valence-electron chi connectivity index (χ0n) is 12.4. The van der Waals surface area contributed by atoms with E-state index in [2.05, 4.69) is 10.1 Å². The lowest BCUT2D eigenvalue weighted by Gasteiger charge is -2.27. The molecule has 1 fully saturated rings. The minimum absolute atomic E-state index is 0.0811. The molecule has 0 saturated carbocycles. The minimum atomic E-state index is -3.69. The molecule has 0 spiro atoms. The van der Waals surface area contributed by atoms with E-state index in [0.717, 1.165) is 0 Å². The molecule has 1 N–H and O–H groups in total. The molecule has 122 valence electrons. The third-order valence-electron chi connectivity index (χ3n) is 3.02. The third kappa shape index (κ3) is 6.30. The van der Waals surface area contributed by atoms with E-state index in [-0.39, 0.29) is 37.8 Å². The van der Waals surface area contributed by atoms with E-state index in [1.54, 1.807) is 13.8 Å². The molecule has 8 nitrogen and oxygen atoms in total. The van der Waals surface area contributed by atoms with Crippen LogP contribution in [0.25, 0.3) is 0 Å². The van der Waals surface area contributed by atoms with Crippen LogP contribution in [-0.4, -0.2) is 52.1 Å². The molecule has 21 heavy (non-hydrogen) atoms. The molecule has 0 aromatic heterocycles. The largest absolute Gasteiger partial charge is 0.508 e. The molecule has 1 amide bonds. The van der Waals surface area contributed by atoms with Crippen molar-refractivity contribution in [1.82, 2.24) is 5.32 Å². The molecule has 0 aromatic rings. The van der Waals surface area contributed by atoms with Crippen molar-refractivity contribution in [3.8, 4) is 0 Å². The number of cyclic esters (lactones) is 2. The monoisotopic (exact) mass is 323 g/mol. The van der Waals surface area contributed by atoms with Crippen LogP contribution in [0, 0.1) is 5.41 Å². The van der Waals surface area contributed by atoms with E-state index in [0.29, 0.717) is 0 Å². The summed E-state index contributed by atoms with van der Waals surface area (Å²) in [4.78, 5) is 21.5. The molecule has 1 aliphatic rings. The van der Waals surface area contributed by atoms with E-state index in [9.17, 15) is 18.0 Å². The molecule has 1 rings (SSSR count). The maximum Gasteiger partial charge on any atom is 0.508 e. The van der Waals surface area contributed by atoms with Crippen LogP contribution < -0.4 is 5.32 Å². The van der Waals surface area contributed by atoms with Crippen molar-refractivity contribution >= 4 is 22.2 Å². The van der Waals surface area contributed by atoms with Crippen LogP contribution in [0.1, 0.15) is 27.2 Å². The zero-order valence-corrected chi connectivity index (χ0v) is 13.2. The predicted octanol–water partition coefficient (Wildman–Crippen LogP) is 0.421. The fourth-order valence-electron chi connectivity index (χ4n) is 1.62. The fourth-order valence-corrected chi connectivity index (χ4v) is 2.72. The molecule has 1 aliphatic heterocycles. The van der Waals surface area contributed by atoms with Crippen molar-refractivity contribution in [2.24, 2.45) is 5.41 Å². The summed E-state index contributed by atoms with van der Waals surface area (Å²) in [7, 11) is -3.69. The summed E-state index contributed by atoms with van der Waals surface area (Å²) in [5.74, 6) is -0.401. The topological polar surface area (TPSA) is 108 Å². The molecular weight excluding hydrogens is 302 g/mol. The first-order chi connectivity index (χ1) is 9.62. The van der Waals surface area contributed by atoms with Gasteiger partial charge in [0.2, 0.25) is 5.91 Å². The van der Waals surface area contributed by atoms with Gasteiger partial charge in [-0.15, -0.1) is 0 Å². The van der Waals surface area contributed by atoms with Crippen molar-refractivity contribution in [2.45, 2.75) is 33.3 Å². The van der Waals surface area contributed by atoms with E-state index in [1.807, 2.05) is 0 Å². The van der Waals surface area contributed by atoms with Gasteiger partial charge in [0, 0.05) is 18.9 Å². The molecule has 0 radical (unpaired) electrons.